The summed E-state index contributed by atoms with van der Waals surface area (Å²) in [4.78, 5) is 4.50. The number of aryl methyl sites for hydroxylation is 1. The molecule has 1 saturated carbocycles. The van der Waals surface area contributed by atoms with Crippen molar-refractivity contribution in [1.82, 2.24) is 29.5 Å². The fourth-order valence-corrected chi connectivity index (χ4v) is 2.89. The molecule has 7 heteroatoms. The summed E-state index contributed by atoms with van der Waals surface area (Å²) in [5.74, 6) is 1.60. The Morgan fingerprint density at radius 3 is 3.04 bits per heavy atom. The Balaban J connectivity index is 1.56. The summed E-state index contributed by atoms with van der Waals surface area (Å²) in [5, 5.41) is 12.9. The third kappa shape index (κ3) is 1.97. The highest BCUT2D eigenvalue weighted by Crippen LogP contribution is 2.40. The summed E-state index contributed by atoms with van der Waals surface area (Å²) in [6.07, 6.45) is 6.10. The normalized spacial score (nSPS) is 14.7. The molecule has 1 aliphatic rings. The molecule has 0 aliphatic heterocycles. The molecule has 114 valence electrons. The van der Waals surface area contributed by atoms with Crippen molar-refractivity contribution >= 4 is 5.52 Å². The minimum atomic E-state index is 0.442. The van der Waals surface area contributed by atoms with Crippen molar-refractivity contribution in [3.05, 3.63) is 42.4 Å². The first kappa shape index (κ1) is 12.6. The Kier molecular flexibility index (Phi) is 2.47. The number of pyridine rings is 1. The summed E-state index contributed by atoms with van der Waals surface area (Å²) < 4.78 is 9.12. The molecular weight excluding hydrogens is 292 g/mol. The number of rotatable bonds is 3. The molecule has 7 nitrogen and oxygen atoms in total. The highest BCUT2D eigenvalue weighted by Gasteiger charge is 2.28. The van der Waals surface area contributed by atoms with Crippen LogP contribution >= 0.6 is 0 Å². The van der Waals surface area contributed by atoms with Gasteiger partial charge in [-0.15, -0.1) is 0 Å². The Bertz CT molecular complexity index is 1010. The highest BCUT2D eigenvalue weighted by atomic mass is 16.5. The van der Waals surface area contributed by atoms with Crippen LogP contribution < -0.4 is 0 Å². The molecule has 1 fully saturated rings. The van der Waals surface area contributed by atoms with Gasteiger partial charge in [0, 0.05) is 24.9 Å². The van der Waals surface area contributed by atoms with E-state index in [2.05, 4.69) is 20.3 Å². The molecule has 4 heterocycles. The lowest BCUT2D eigenvalue weighted by molar-refractivity contribution is 0.430. The smallest absolute Gasteiger partial charge is 0.278 e. The van der Waals surface area contributed by atoms with Crippen molar-refractivity contribution < 1.29 is 4.52 Å². The third-order valence-corrected chi connectivity index (χ3v) is 4.22. The quantitative estimate of drug-likeness (QED) is 0.582. The summed E-state index contributed by atoms with van der Waals surface area (Å²) in [5.41, 5.74) is 3.75. The molecule has 4 aromatic heterocycles. The zero-order valence-electron chi connectivity index (χ0n) is 12.5. The van der Waals surface area contributed by atoms with Crippen molar-refractivity contribution in [1.29, 1.82) is 0 Å². The molecule has 0 unspecified atom stereocenters. The number of hydrogen-bond acceptors (Lipinski definition) is 5. The molecule has 5 rings (SSSR count). The molecule has 4 aromatic rings. The second kappa shape index (κ2) is 4.52. The van der Waals surface area contributed by atoms with E-state index >= 15 is 0 Å². The molecule has 0 aromatic carbocycles. The Morgan fingerprint density at radius 2 is 2.17 bits per heavy atom. The second-order valence-corrected chi connectivity index (χ2v) is 5.86. The zero-order valence-corrected chi connectivity index (χ0v) is 12.5. The first-order valence-corrected chi connectivity index (χ1v) is 7.60. The molecule has 23 heavy (non-hydrogen) atoms. The van der Waals surface area contributed by atoms with E-state index in [1.807, 2.05) is 42.2 Å². The van der Waals surface area contributed by atoms with E-state index in [4.69, 9.17) is 4.52 Å². The number of nitrogens with zero attached hydrogens (tertiary/aromatic N) is 6. The van der Waals surface area contributed by atoms with E-state index in [1.54, 1.807) is 10.7 Å². The van der Waals surface area contributed by atoms with Crippen LogP contribution in [-0.2, 0) is 7.05 Å². The average Bonchev–Trinajstić information content (AvgIpc) is 2.99. The van der Waals surface area contributed by atoms with Crippen LogP contribution in [0.5, 0.6) is 0 Å². The topological polar surface area (TPSA) is 74.0 Å². The largest absolute Gasteiger partial charge is 0.332 e. The predicted octanol–water partition coefficient (Wildman–Crippen LogP) is 2.66. The molecule has 0 radical (unpaired) electrons. The maximum Gasteiger partial charge on any atom is 0.278 e. The predicted molar refractivity (Wildman–Crippen MR) is 82.7 cm³/mol. The maximum absolute atomic E-state index is 5.42. The lowest BCUT2D eigenvalue weighted by Gasteiger charge is -1.94. The number of aromatic nitrogens is 6. The van der Waals surface area contributed by atoms with E-state index in [0.717, 1.165) is 16.8 Å². The summed E-state index contributed by atoms with van der Waals surface area (Å²) in [7, 11) is 1.96. The van der Waals surface area contributed by atoms with Crippen molar-refractivity contribution in [3.8, 4) is 23.0 Å². The van der Waals surface area contributed by atoms with E-state index in [1.165, 1.54) is 18.5 Å². The zero-order chi connectivity index (χ0) is 15.4. The SMILES string of the molecule is Cn1nc(-c2nc(-c3cnn4ccccc34)no2)cc1C1CC1. The lowest BCUT2D eigenvalue weighted by atomic mass is 10.2. The standard InChI is InChI=1S/C16H14N6O/c1-21-14(10-5-6-10)8-12(19-21)16-18-15(20-23-16)11-9-17-22-7-3-2-4-13(11)22/h2-4,7-10H,5-6H2,1H3. The van der Waals surface area contributed by atoms with E-state index in [9.17, 15) is 0 Å². The molecule has 0 amide bonds. The first-order chi connectivity index (χ1) is 11.3. The molecule has 0 spiro atoms. The summed E-state index contributed by atoms with van der Waals surface area (Å²) in [6.45, 7) is 0. The fraction of sp³-hybridized carbons (Fsp3) is 0.250. The van der Waals surface area contributed by atoms with Gasteiger partial charge in [0.2, 0.25) is 5.82 Å². The van der Waals surface area contributed by atoms with E-state index in [-0.39, 0.29) is 0 Å². The van der Waals surface area contributed by atoms with Gasteiger partial charge in [-0.3, -0.25) is 4.68 Å². The van der Waals surface area contributed by atoms with Gasteiger partial charge in [0.25, 0.3) is 5.89 Å². The molecular formula is C16H14N6O. The van der Waals surface area contributed by atoms with Gasteiger partial charge in [0.05, 0.1) is 17.3 Å². The van der Waals surface area contributed by atoms with Crippen LogP contribution in [0.25, 0.3) is 28.5 Å². The third-order valence-electron chi connectivity index (χ3n) is 4.22. The van der Waals surface area contributed by atoms with Crippen LogP contribution in [0.3, 0.4) is 0 Å². The van der Waals surface area contributed by atoms with Gasteiger partial charge < -0.3 is 4.52 Å². The van der Waals surface area contributed by atoms with Gasteiger partial charge in [-0.2, -0.15) is 15.2 Å². The number of fused-ring (bicyclic) bond motifs is 1. The van der Waals surface area contributed by atoms with Crippen molar-refractivity contribution in [2.45, 2.75) is 18.8 Å². The van der Waals surface area contributed by atoms with E-state index in [0.29, 0.717) is 17.6 Å². The highest BCUT2D eigenvalue weighted by molar-refractivity contribution is 5.75. The van der Waals surface area contributed by atoms with Crippen LogP contribution in [0.1, 0.15) is 24.5 Å². The second-order valence-electron chi connectivity index (χ2n) is 5.86. The fourth-order valence-electron chi connectivity index (χ4n) is 2.89. The minimum absolute atomic E-state index is 0.442. The Labute approximate surface area is 131 Å². The van der Waals surface area contributed by atoms with E-state index < -0.39 is 0 Å². The first-order valence-electron chi connectivity index (χ1n) is 7.60. The molecule has 0 bridgehead atoms. The van der Waals surface area contributed by atoms with Crippen LogP contribution in [0.2, 0.25) is 0 Å². The van der Waals surface area contributed by atoms with Crippen molar-refractivity contribution in [2.75, 3.05) is 0 Å². The molecule has 0 N–H and O–H groups in total. The van der Waals surface area contributed by atoms with Crippen LogP contribution in [0.15, 0.2) is 41.2 Å². The van der Waals surface area contributed by atoms with Gasteiger partial charge in [-0.25, -0.2) is 4.52 Å². The van der Waals surface area contributed by atoms with Gasteiger partial charge >= 0.3 is 0 Å². The van der Waals surface area contributed by atoms with Crippen LogP contribution in [0, 0.1) is 0 Å². The number of hydrogen-bond donors (Lipinski definition) is 0. The van der Waals surface area contributed by atoms with Crippen LogP contribution in [-0.4, -0.2) is 29.5 Å². The van der Waals surface area contributed by atoms with Gasteiger partial charge in [0.1, 0.15) is 0 Å². The van der Waals surface area contributed by atoms with Crippen LogP contribution in [0.4, 0.5) is 0 Å². The molecule has 1 aliphatic carbocycles. The average molecular weight is 306 g/mol. The van der Waals surface area contributed by atoms with Gasteiger partial charge in [-0.05, 0) is 31.0 Å². The Morgan fingerprint density at radius 1 is 1.26 bits per heavy atom. The molecule has 0 atom stereocenters. The monoisotopic (exact) mass is 306 g/mol. The lowest BCUT2D eigenvalue weighted by Crippen LogP contribution is -1.95. The summed E-state index contributed by atoms with van der Waals surface area (Å²) >= 11 is 0. The molecule has 0 saturated heterocycles. The Hall–Kier alpha value is -2.96. The van der Waals surface area contributed by atoms with Crippen molar-refractivity contribution in [2.24, 2.45) is 7.05 Å². The van der Waals surface area contributed by atoms with Gasteiger partial charge in [0.15, 0.2) is 5.69 Å². The summed E-state index contributed by atoms with van der Waals surface area (Å²) in [6, 6.07) is 7.91. The maximum atomic E-state index is 5.42. The minimum Gasteiger partial charge on any atom is -0.332 e. The van der Waals surface area contributed by atoms with Gasteiger partial charge in [-0.1, -0.05) is 11.2 Å². The van der Waals surface area contributed by atoms with Crippen molar-refractivity contribution in [3.63, 3.8) is 0 Å².